The normalized spacial score (nSPS) is 17.6. The van der Waals surface area contributed by atoms with E-state index in [4.69, 9.17) is 0 Å². The molecule has 1 unspecified atom stereocenters. The number of nitro benzene ring substituents is 1. The molecular formula is C16H25N3O2. The van der Waals surface area contributed by atoms with E-state index in [1.807, 2.05) is 12.1 Å². The lowest BCUT2D eigenvalue weighted by Gasteiger charge is -2.29. The van der Waals surface area contributed by atoms with Gasteiger partial charge in [-0.25, -0.2) is 0 Å². The summed E-state index contributed by atoms with van der Waals surface area (Å²) in [6.07, 6.45) is 3.96. The largest absolute Gasteiger partial charge is 0.309 e. The zero-order valence-corrected chi connectivity index (χ0v) is 13.0. The summed E-state index contributed by atoms with van der Waals surface area (Å²) in [6.45, 7) is 8.07. The van der Waals surface area contributed by atoms with Gasteiger partial charge in [-0.1, -0.05) is 18.6 Å². The molecule has 2 rings (SSSR count). The highest BCUT2D eigenvalue weighted by atomic mass is 16.6. The maximum absolute atomic E-state index is 11.0. The highest BCUT2D eigenvalue weighted by molar-refractivity contribution is 5.42. The Bertz CT molecular complexity index is 484. The molecule has 1 heterocycles. The molecule has 1 atom stereocenters. The van der Waals surface area contributed by atoms with E-state index in [1.165, 1.54) is 32.4 Å². The number of piperidine rings is 1. The fraction of sp³-hybridized carbons (Fsp3) is 0.625. The Morgan fingerprint density at radius 3 is 2.71 bits per heavy atom. The summed E-state index contributed by atoms with van der Waals surface area (Å²) < 4.78 is 0. The van der Waals surface area contributed by atoms with Crippen LogP contribution in [0.15, 0.2) is 18.2 Å². The van der Waals surface area contributed by atoms with Crippen molar-refractivity contribution in [1.82, 2.24) is 10.2 Å². The molecule has 0 radical (unpaired) electrons. The topological polar surface area (TPSA) is 58.4 Å². The van der Waals surface area contributed by atoms with E-state index >= 15 is 0 Å². The van der Waals surface area contributed by atoms with E-state index in [0.29, 0.717) is 18.2 Å². The third-order valence-electron chi connectivity index (χ3n) is 4.11. The van der Waals surface area contributed by atoms with E-state index in [2.05, 4.69) is 17.1 Å². The Morgan fingerprint density at radius 2 is 2.05 bits per heavy atom. The molecule has 1 N–H and O–H groups in total. The van der Waals surface area contributed by atoms with Crippen LogP contribution in [0.25, 0.3) is 0 Å². The van der Waals surface area contributed by atoms with E-state index in [-0.39, 0.29) is 10.6 Å². The first-order valence-electron chi connectivity index (χ1n) is 7.76. The quantitative estimate of drug-likeness (QED) is 0.647. The minimum atomic E-state index is -0.310. The molecule has 5 nitrogen and oxygen atoms in total. The Labute approximate surface area is 126 Å². The molecule has 116 valence electrons. The van der Waals surface area contributed by atoms with Gasteiger partial charge in [0.25, 0.3) is 5.69 Å². The molecule has 0 spiro atoms. The monoisotopic (exact) mass is 291 g/mol. The smallest absolute Gasteiger partial charge is 0.272 e. The first-order valence-corrected chi connectivity index (χ1v) is 7.76. The van der Waals surface area contributed by atoms with Crippen molar-refractivity contribution < 1.29 is 4.92 Å². The van der Waals surface area contributed by atoms with Crippen LogP contribution >= 0.6 is 0 Å². The van der Waals surface area contributed by atoms with Gasteiger partial charge in [0.05, 0.1) is 4.92 Å². The average Bonchev–Trinajstić information content (AvgIpc) is 2.47. The van der Waals surface area contributed by atoms with Crippen LogP contribution in [-0.2, 0) is 6.54 Å². The minimum Gasteiger partial charge on any atom is -0.309 e. The van der Waals surface area contributed by atoms with Crippen LogP contribution in [0.5, 0.6) is 0 Å². The van der Waals surface area contributed by atoms with Gasteiger partial charge in [0.15, 0.2) is 0 Å². The van der Waals surface area contributed by atoms with Gasteiger partial charge in [-0.05, 0) is 45.3 Å². The number of nitro groups is 1. The van der Waals surface area contributed by atoms with Crippen LogP contribution in [-0.4, -0.2) is 35.5 Å². The van der Waals surface area contributed by atoms with Gasteiger partial charge in [0, 0.05) is 30.8 Å². The number of aryl methyl sites for hydroxylation is 1. The van der Waals surface area contributed by atoms with E-state index < -0.39 is 0 Å². The lowest BCUT2D eigenvalue weighted by molar-refractivity contribution is -0.385. The molecule has 0 amide bonds. The number of likely N-dealkylation sites (tertiary alicyclic amines) is 1. The SMILES string of the molecule is Cc1ccc(CNC(C)CN2CCCCC2)cc1[N+](=O)[O-]. The fourth-order valence-corrected chi connectivity index (χ4v) is 2.85. The zero-order valence-electron chi connectivity index (χ0n) is 13.0. The third-order valence-corrected chi connectivity index (χ3v) is 4.11. The number of hydrogen-bond acceptors (Lipinski definition) is 4. The van der Waals surface area contributed by atoms with Crippen LogP contribution in [0.3, 0.4) is 0 Å². The molecule has 0 saturated carbocycles. The molecule has 1 aromatic rings. The van der Waals surface area contributed by atoms with Crippen LogP contribution in [0.4, 0.5) is 5.69 Å². The number of hydrogen-bond donors (Lipinski definition) is 1. The highest BCUT2D eigenvalue weighted by Gasteiger charge is 2.14. The summed E-state index contributed by atoms with van der Waals surface area (Å²) in [5.41, 5.74) is 1.89. The first kappa shape index (κ1) is 15.9. The number of nitrogens with one attached hydrogen (secondary N) is 1. The number of benzene rings is 1. The zero-order chi connectivity index (χ0) is 15.2. The molecule has 1 aromatic carbocycles. The van der Waals surface area contributed by atoms with Gasteiger partial charge in [0.1, 0.15) is 0 Å². The summed E-state index contributed by atoms with van der Waals surface area (Å²) in [5, 5.41) is 14.4. The second-order valence-corrected chi connectivity index (χ2v) is 6.02. The maximum atomic E-state index is 11.0. The molecule has 1 fully saturated rings. The molecule has 21 heavy (non-hydrogen) atoms. The minimum absolute atomic E-state index is 0.206. The molecule has 1 aliphatic heterocycles. The van der Waals surface area contributed by atoms with Crippen molar-refractivity contribution in [3.05, 3.63) is 39.4 Å². The standard InChI is InChI=1S/C16H25N3O2/c1-13-6-7-15(10-16(13)19(20)21)11-17-14(2)12-18-8-4-3-5-9-18/h6-7,10,14,17H,3-5,8-9,11-12H2,1-2H3. The lowest BCUT2D eigenvalue weighted by Crippen LogP contribution is -2.41. The summed E-state index contributed by atoms with van der Waals surface area (Å²) in [5.74, 6) is 0. The Kier molecular flexibility index (Phi) is 5.70. The highest BCUT2D eigenvalue weighted by Crippen LogP contribution is 2.19. The van der Waals surface area contributed by atoms with Crippen LogP contribution < -0.4 is 5.32 Å². The Morgan fingerprint density at radius 1 is 1.33 bits per heavy atom. The summed E-state index contributed by atoms with van der Waals surface area (Å²) >= 11 is 0. The molecule has 0 bridgehead atoms. The van der Waals surface area contributed by atoms with Gasteiger partial charge in [-0.2, -0.15) is 0 Å². The fourth-order valence-electron chi connectivity index (χ4n) is 2.85. The maximum Gasteiger partial charge on any atom is 0.272 e. The van der Waals surface area contributed by atoms with Gasteiger partial charge < -0.3 is 10.2 Å². The van der Waals surface area contributed by atoms with Gasteiger partial charge >= 0.3 is 0 Å². The first-order chi connectivity index (χ1) is 10.1. The van der Waals surface area contributed by atoms with E-state index in [9.17, 15) is 10.1 Å². The van der Waals surface area contributed by atoms with Crippen molar-refractivity contribution in [3.63, 3.8) is 0 Å². The molecular weight excluding hydrogens is 266 g/mol. The van der Waals surface area contributed by atoms with E-state index in [0.717, 1.165) is 12.1 Å². The van der Waals surface area contributed by atoms with Gasteiger partial charge in [-0.15, -0.1) is 0 Å². The van der Waals surface area contributed by atoms with Gasteiger partial charge in [-0.3, -0.25) is 10.1 Å². The van der Waals surface area contributed by atoms with Crippen LogP contribution in [0, 0.1) is 17.0 Å². The number of nitrogens with zero attached hydrogens (tertiary/aromatic N) is 2. The van der Waals surface area contributed by atoms with Crippen molar-refractivity contribution in [1.29, 1.82) is 0 Å². The Balaban J connectivity index is 1.84. The predicted molar refractivity (Wildman–Crippen MR) is 84.4 cm³/mol. The second-order valence-electron chi connectivity index (χ2n) is 6.02. The molecule has 1 saturated heterocycles. The molecule has 0 aliphatic carbocycles. The second kappa shape index (κ2) is 7.52. The molecule has 1 aliphatic rings. The van der Waals surface area contributed by atoms with Crippen LogP contribution in [0.1, 0.15) is 37.3 Å². The Hall–Kier alpha value is -1.46. The van der Waals surface area contributed by atoms with E-state index in [1.54, 1.807) is 13.0 Å². The molecule has 0 aromatic heterocycles. The third kappa shape index (κ3) is 4.79. The lowest BCUT2D eigenvalue weighted by atomic mass is 10.1. The van der Waals surface area contributed by atoms with Gasteiger partial charge in [0.2, 0.25) is 0 Å². The van der Waals surface area contributed by atoms with Crippen molar-refractivity contribution in [2.24, 2.45) is 0 Å². The van der Waals surface area contributed by atoms with Crippen molar-refractivity contribution >= 4 is 5.69 Å². The van der Waals surface area contributed by atoms with Crippen molar-refractivity contribution in [2.75, 3.05) is 19.6 Å². The van der Waals surface area contributed by atoms with Crippen LogP contribution in [0.2, 0.25) is 0 Å². The van der Waals surface area contributed by atoms with Crippen molar-refractivity contribution in [2.45, 2.75) is 45.7 Å². The predicted octanol–water partition coefficient (Wildman–Crippen LogP) is 2.87. The van der Waals surface area contributed by atoms with Crippen molar-refractivity contribution in [3.8, 4) is 0 Å². The molecule has 5 heteroatoms. The summed E-state index contributed by atoms with van der Waals surface area (Å²) in [7, 11) is 0. The average molecular weight is 291 g/mol. The number of rotatable bonds is 6. The summed E-state index contributed by atoms with van der Waals surface area (Å²) in [6, 6.07) is 5.85. The summed E-state index contributed by atoms with van der Waals surface area (Å²) in [4.78, 5) is 13.1.